The van der Waals surface area contributed by atoms with Crippen molar-refractivity contribution in [2.75, 3.05) is 11.6 Å². The summed E-state index contributed by atoms with van der Waals surface area (Å²) in [6, 6.07) is 24.9. The van der Waals surface area contributed by atoms with Gasteiger partial charge in [0.25, 0.3) is 5.91 Å². The Morgan fingerprint density at radius 1 is 0.848 bits per heavy atom. The Morgan fingerprint density at radius 3 is 2.50 bits per heavy atom. The van der Waals surface area contributed by atoms with Crippen LogP contribution >= 0.6 is 0 Å². The molecule has 0 aliphatic carbocycles. The molecule has 1 amide bonds. The van der Waals surface area contributed by atoms with E-state index in [0.717, 1.165) is 44.9 Å². The number of fused-ring (bicyclic) bond motifs is 2. The van der Waals surface area contributed by atoms with Gasteiger partial charge < -0.3 is 10.3 Å². The van der Waals surface area contributed by atoms with Crippen LogP contribution in [0.15, 0.2) is 104 Å². The van der Waals surface area contributed by atoms with Crippen molar-refractivity contribution in [2.45, 2.75) is 6.54 Å². The van der Waals surface area contributed by atoms with Crippen molar-refractivity contribution in [2.24, 2.45) is 0 Å². The summed E-state index contributed by atoms with van der Waals surface area (Å²) in [5.41, 5.74) is 7.36. The van der Waals surface area contributed by atoms with E-state index in [0.29, 0.717) is 33.8 Å². The molecule has 0 aliphatic rings. The minimum absolute atomic E-state index is 0.0443. The molecule has 10 nitrogen and oxygen atoms in total. The Hall–Kier alpha value is -5.72. The van der Waals surface area contributed by atoms with Gasteiger partial charge in [-0.1, -0.05) is 24.3 Å². The molecule has 46 heavy (non-hydrogen) atoms. The van der Waals surface area contributed by atoms with Gasteiger partial charge in [-0.25, -0.2) is 17.5 Å². The minimum Gasteiger partial charge on any atom is -0.353 e. The lowest BCUT2D eigenvalue weighted by molar-refractivity contribution is 0.102. The van der Waals surface area contributed by atoms with Crippen molar-refractivity contribution < 1.29 is 17.6 Å². The second-order valence-electron chi connectivity index (χ2n) is 10.9. The third-order valence-electron chi connectivity index (χ3n) is 7.50. The molecule has 0 radical (unpaired) electrons. The summed E-state index contributed by atoms with van der Waals surface area (Å²) in [5.74, 6) is -0.721. The van der Waals surface area contributed by atoms with Crippen molar-refractivity contribution in [1.82, 2.24) is 29.9 Å². The summed E-state index contributed by atoms with van der Waals surface area (Å²) in [7, 11) is -3.45. The molecule has 4 N–H and O–H groups in total. The first-order chi connectivity index (χ1) is 22.2. The molecule has 7 rings (SSSR count). The maximum atomic E-state index is 14.6. The van der Waals surface area contributed by atoms with E-state index in [9.17, 15) is 17.6 Å². The lowest BCUT2D eigenvalue weighted by Gasteiger charge is -2.08. The van der Waals surface area contributed by atoms with Crippen molar-refractivity contribution in [1.29, 1.82) is 0 Å². The molecule has 4 heterocycles. The van der Waals surface area contributed by atoms with Gasteiger partial charge in [0.1, 0.15) is 11.5 Å². The molecule has 0 bridgehead atoms. The number of carbonyl (C=O) groups is 1. The Bertz CT molecular complexity index is 2370. The van der Waals surface area contributed by atoms with Crippen LogP contribution in [0.4, 0.5) is 10.1 Å². The molecule has 7 aromatic rings. The van der Waals surface area contributed by atoms with Crippen LogP contribution in [0, 0.1) is 5.82 Å². The van der Waals surface area contributed by atoms with E-state index in [4.69, 9.17) is 0 Å². The monoisotopic (exact) mass is 631 g/mol. The number of hydrogen-bond donors (Lipinski definition) is 4. The van der Waals surface area contributed by atoms with Gasteiger partial charge in [-0.3, -0.25) is 19.9 Å². The number of nitrogens with zero attached hydrogens (tertiary/aromatic N) is 3. The Kier molecular flexibility index (Phi) is 7.35. The van der Waals surface area contributed by atoms with Crippen LogP contribution in [0.3, 0.4) is 0 Å². The first kappa shape index (κ1) is 29.0. The van der Waals surface area contributed by atoms with Crippen LogP contribution in [0.25, 0.3) is 55.6 Å². The van der Waals surface area contributed by atoms with E-state index in [1.807, 2.05) is 54.6 Å². The molecular formula is C34H26FN7O3S. The van der Waals surface area contributed by atoms with Crippen LogP contribution < -0.4 is 10.0 Å². The number of anilines is 1. The SMILES string of the molecule is CS(=O)(=O)NCc1cc(F)cc(-c2nccc3[nH]c(-c4n[nH]c5ccc(-c6cncc(NC(=O)c7ccccc7)c6)cc45)cc23)c1. The number of aromatic amines is 2. The number of pyridine rings is 2. The number of aromatic nitrogens is 5. The number of carbonyl (C=O) groups excluding carboxylic acids is 1. The molecule has 228 valence electrons. The Balaban J connectivity index is 1.22. The number of H-pyrrole nitrogens is 2. The number of nitrogens with one attached hydrogen (secondary N) is 4. The lowest BCUT2D eigenvalue weighted by Crippen LogP contribution is -2.21. The van der Waals surface area contributed by atoms with E-state index in [-0.39, 0.29) is 12.5 Å². The maximum Gasteiger partial charge on any atom is 0.255 e. The number of rotatable bonds is 8. The largest absolute Gasteiger partial charge is 0.353 e. The summed E-state index contributed by atoms with van der Waals surface area (Å²) in [4.78, 5) is 25.0. The van der Waals surface area contributed by atoms with Gasteiger partial charge in [0.15, 0.2) is 0 Å². The minimum atomic E-state index is -3.45. The third kappa shape index (κ3) is 5.99. The standard InChI is InChI=1S/C34H26FN7O3S/c1-46(44,45)38-17-20-11-23(13-25(35)12-20)32-28-16-31(40-29(28)9-10-37-32)33-27-15-22(7-8-30(27)41-42-33)24-14-26(19-36-18-24)39-34(43)21-5-3-2-4-6-21/h2-16,18-19,38,40H,17H2,1H3,(H,39,43)(H,41,42). The highest BCUT2D eigenvalue weighted by Gasteiger charge is 2.16. The second kappa shape index (κ2) is 11.7. The number of sulfonamides is 1. The molecule has 0 saturated heterocycles. The van der Waals surface area contributed by atoms with Crippen LogP contribution in [-0.2, 0) is 16.6 Å². The van der Waals surface area contributed by atoms with E-state index in [2.05, 4.69) is 35.2 Å². The Labute approximate surface area is 262 Å². The van der Waals surface area contributed by atoms with Crippen LogP contribution in [0.2, 0.25) is 0 Å². The lowest BCUT2D eigenvalue weighted by atomic mass is 10.0. The number of hydrogen-bond acceptors (Lipinski definition) is 6. The molecule has 4 aromatic heterocycles. The summed E-state index contributed by atoms with van der Waals surface area (Å²) >= 11 is 0. The molecule has 12 heteroatoms. The zero-order valence-corrected chi connectivity index (χ0v) is 25.2. The van der Waals surface area contributed by atoms with E-state index < -0.39 is 15.8 Å². The van der Waals surface area contributed by atoms with Gasteiger partial charge in [0.2, 0.25) is 10.0 Å². The maximum absolute atomic E-state index is 14.6. The average Bonchev–Trinajstić information content (AvgIpc) is 3.68. The molecule has 0 spiro atoms. The first-order valence-electron chi connectivity index (χ1n) is 14.2. The molecule has 0 fully saturated rings. The highest BCUT2D eigenvalue weighted by molar-refractivity contribution is 7.88. The summed E-state index contributed by atoms with van der Waals surface area (Å²) in [6.45, 7) is -0.0443. The summed E-state index contributed by atoms with van der Waals surface area (Å²) < 4.78 is 40.2. The fourth-order valence-corrected chi connectivity index (χ4v) is 5.80. The van der Waals surface area contributed by atoms with Gasteiger partial charge in [-0.05, 0) is 71.8 Å². The highest BCUT2D eigenvalue weighted by atomic mass is 32.2. The van der Waals surface area contributed by atoms with Gasteiger partial charge in [0, 0.05) is 51.9 Å². The van der Waals surface area contributed by atoms with Crippen LogP contribution in [0.5, 0.6) is 0 Å². The van der Waals surface area contributed by atoms with Crippen molar-refractivity contribution in [3.63, 3.8) is 0 Å². The number of benzene rings is 3. The topological polar surface area (TPSA) is 146 Å². The van der Waals surface area contributed by atoms with Gasteiger partial charge in [0.05, 0.1) is 35.0 Å². The Morgan fingerprint density at radius 2 is 1.67 bits per heavy atom. The van der Waals surface area contributed by atoms with E-state index in [1.54, 1.807) is 36.8 Å². The van der Waals surface area contributed by atoms with Gasteiger partial charge in [-0.2, -0.15) is 5.10 Å². The molecular weight excluding hydrogens is 605 g/mol. The highest BCUT2D eigenvalue weighted by Crippen LogP contribution is 2.35. The molecule has 0 unspecified atom stereocenters. The van der Waals surface area contributed by atoms with Gasteiger partial charge >= 0.3 is 0 Å². The average molecular weight is 632 g/mol. The number of amides is 1. The number of halogens is 1. The normalized spacial score (nSPS) is 11.7. The fourth-order valence-electron chi connectivity index (χ4n) is 5.37. The predicted octanol–water partition coefficient (Wildman–Crippen LogP) is 6.28. The van der Waals surface area contributed by atoms with Crippen LogP contribution in [-0.4, -0.2) is 45.7 Å². The molecule has 0 aliphatic heterocycles. The smallest absolute Gasteiger partial charge is 0.255 e. The summed E-state index contributed by atoms with van der Waals surface area (Å²) in [6.07, 6.45) is 6.03. The summed E-state index contributed by atoms with van der Waals surface area (Å²) in [5, 5.41) is 12.2. The van der Waals surface area contributed by atoms with E-state index in [1.165, 1.54) is 12.1 Å². The quantitative estimate of drug-likeness (QED) is 0.155. The van der Waals surface area contributed by atoms with E-state index >= 15 is 0 Å². The van der Waals surface area contributed by atoms with Crippen molar-refractivity contribution in [3.8, 4) is 33.8 Å². The molecule has 0 atom stereocenters. The van der Waals surface area contributed by atoms with Gasteiger partial charge in [-0.15, -0.1) is 0 Å². The fraction of sp³-hybridized carbons (Fsp3) is 0.0588. The van der Waals surface area contributed by atoms with Crippen LogP contribution in [0.1, 0.15) is 15.9 Å². The first-order valence-corrected chi connectivity index (χ1v) is 16.1. The molecule has 3 aromatic carbocycles. The molecule has 0 saturated carbocycles. The zero-order valence-electron chi connectivity index (χ0n) is 24.4. The second-order valence-corrected chi connectivity index (χ2v) is 12.7. The zero-order chi connectivity index (χ0) is 31.8. The van der Waals surface area contributed by atoms with Crippen molar-refractivity contribution >= 4 is 43.4 Å². The van der Waals surface area contributed by atoms with Crippen molar-refractivity contribution in [3.05, 3.63) is 120 Å². The third-order valence-corrected chi connectivity index (χ3v) is 8.17. The predicted molar refractivity (Wildman–Crippen MR) is 176 cm³/mol.